The average Bonchev–Trinajstić information content (AvgIpc) is 3.27. The number of carbonyl (C=O) groups is 1. The van der Waals surface area contributed by atoms with Crippen LogP contribution in [0.5, 0.6) is 0 Å². The summed E-state index contributed by atoms with van der Waals surface area (Å²) in [6.45, 7) is 4.99. The Hall–Kier alpha value is -1.33. The Balaban J connectivity index is 0.00000300. The number of morpholine rings is 1. The van der Waals surface area contributed by atoms with E-state index in [-0.39, 0.29) is 42.0 Å². The van der Waals surface area contributed by atoms with Gasteiger partial charge in [0.15, 0.2) is 5.96 Å². The van der Waals surface area contributed by atoms with Crippen LogP contribution in [0, 0.1) is 0 Å². The summed E-state index contributed by atoms with van der Waals surface area (Å²) < 4.78 is 10.8. The number of guanidine groups is 1. The van der Waals surface area contributed by atoms with E-state index in [4.69, 9.17) is 9.15 Å². The molecule has 0 atom stereocenters. The van der Waals surface area contributed by atoms with Crippen molar-refractivity contribution < 1.29 is 13.9 Å². The number of furan rings is 1. The Kier molecular flexibility index (Phi) is 10.2. The van der Waals surface area contributed by atoms with Crippen LogP contribution in [-0.4, -0.2) is 68.7 Å². The highest BCUT2D eigenvalue weighted by Gasteiger charge is 2.38. The Morgan fingerprint density at radius 3 is 2.59 bits per heavy atom. The van der Waals surface area contributed by atoms with Crippen LogP contribution in [0.2, 0.25) is 0 Å². The lowest BCUT2D eigenvalue weighted by molar-refractivity contribution is -0.120. The molecule has 9 heteroatoms. The van der Waals surface area contributed by atoms with Gasteiger partial charge in [0.1, 0.15) is 5.76 Å². The molecule has 1 aliphatic heterocycles. The van der Waals surface area contributed by atoms with Crippen molar-refractivity contribution in [3.8, 4) is 0 Å². The Labute approximate surface area is 190 Å². The van der Waals surface area contributed by atoms with Gasteiger partial charge >= 0.3 is 0 Å². The van der Waals surface area contributed by atoms with Gasteiger partial charge in [-0.25, -0.2) is 0 Å². The standard InChI is InChI=1S/C20H33N5O3.HI/c1-21-19(23-15-18(26)22-14-17-6-5-11-28-17)24-16-20(7-3-2-4-8-20)25-9-12-27-13-10-25;/h5-6,11H,2-4,7-10,12-16H2,1H3,(H,22,26)(H2,21,23,24);1H. The van der Waals surface area contributed by atoms with E-state index in [1.54, 1.807) is 19.4 Å². The fourth-order valence-electron chi connectivity index (χ4n) is 4.15. The van der Waals surface area contributed by atoms with Crippen LogP contribution >= 0.6 is 24.0 Å². The molecule has 1 saturated carbocycles. The Morgan fingerprint density at radius 2 is 1.93 bits per heavy atom. The molecule has 1 amide bonds. The minimum atomic E-state index is -0.0973. The first-order valence-electron chi connectivity index (χ1n) is 10.3. The second-order valence-electron chi connectivity index (χ2n) is 7.52. The summed E-state index contributed by atoms with van der Waals surface area (Å²) in [6.07, 6.45) is 7.83. The van der Waals surface area contributed by atoms with Gasteiger partial charge in [-0.15, -0.1) is 24.0 Å². The molecular weight excluding hydrogens is 485 g/mol. The van der Waals surface area contributed by atoms with Gasteiger partial charge < -0.3 is 25.1 Å². The Bertz CT molecular complexity index is 626. The van der Waals surface area contributed by atoms with Gasteiger partial charge in [-0.2, -0.15) is 0 Å². The molecule has 0 spiro atoms. The van der Waals surface area contributed by atoms with E-state index in [9.17, 15) is 4.79 Å². The third-order valence-corrected chi connectivity index (χ3v) is 5.73. The van der Waals surface area contributed by atoms with Gasteiger partial charge in [-0.1, -0.05) is 19.3 Å². The van der Waals surface area contributed by atoms with Gasteiger partial charge in [0.25, 0.3) is 0 Å². The maximum absolute atomic E-state index is 12.1. The van der Waals surface area contributed by atoms with Crippen LogP contribution in [-0.2, 0) is 16.1 Å². The Morgan fingerprint density at radius 1 is 1.17 bits per heavy atom. The van der Waals surface area contributed by atoms with E-state index in [2.05, 4.69) is 25.8 Å². The number of nitrogens with one attached hydrogen (secondary N) is 3. The molecular formula is C20H34IN5O3. The van der Waals surface area contributed by atoms with Crippen LogP contribution in [0.15, 0.2) is 27.8 Å². The first-order valence-corrected chi connectivity index (χ1v) is 10.3. The quantitative estimate of drug-likeness (QED) is 0.289. The third kappa shape index (κ3) is 7.14. The number of carbonyl (C=O) groups excluding carboxylic acids is 1. The summed E-state index contributed by atoms with van der Waals surface area (Å²) in [5, 5.41) is 9.40. The minimum absolute atomic E-state index is 0. The number of ether oxygens (including phenoxy) is 1. The molecule has 1 aromatic heterocycles. The predicted octanol–water partition coefficient (Wildman–Crippen LogP) is 1.71. The summed E-state index contributed by atoms with van der Waals surface area (Å²) in [5.74, 6) is 1.30. The van der Waals surface area contributed by atoms with Gasteiger partial charge in [0.2, 0.25) is 5.91 Å². The second kappa shape index (κ2) is 12.4. The fourth-order valence-corrected chi connectivity index (χ4v) is 4.15. The van der Waals surface area contributed by atoms with E-state index in [1.165, 1.54) is 32.1 Å². The van der Waals surface area contributed by atoms with Crippen LogP contribution in [0.25, 0.3) is 0 Å². The zero-order chi connectivity index (χ0) is 19.7. The molecule has 8 nitrogen and oxygen atoms in total. The predicted molar refractivity (Wildman–Crippen MR) is 124 cm³/mol. The van der Waals surface area contributed by atoms with Crippen molar-refractivity contribution in [3.05, 3.63) is 24.2 Å². The number of amides is 1. The minimum Gasteiger partial charge on any atom is -0.467 e. The smallest absolute Gasteiger partial charge is 0.239 e. The summed E-state index contributed by atoms with van der Waals surface area (Å²) in [6, 6.07) is 3.64. The first-order chi connectivity index (χ1) is 13.7. The number of hydrogen-bond acceptors (Lipinski definition) is 5. The monoisotopic (exact) mass is 519 g/mol. The largest absolute Gasteiger partial charge is 0.467 e. The van der Waals surface area contributed by atoms with Crippen molar-refractivity contribution in [1.82, 2.24) is 20.9 Å². The molecule has 0 unspecified atom stereocenters. The highest BCUT2D eigenvalue weighted by atomic mass is 127. The van der Waals surface area contributed by atoms with Crippen molar-refractivity contribution >= 4 is 35.8 Å². The SMILES string of the molecule is CN=C(NCC(=O)NCc1ccco1)NCC1(N2CCOCC2)CCCCC1.I. The lowest BCUT2D eigenvalue weighted by Gasteiger charge is -2.48. The first kappa shape index (κ1) is 23.9. The molecule has 0 radical (unpaired) electrons. The summed E-state index contributed by atoms with van der Waals surface area (Å²) in [4.78, 5) is 18.9. The molecule has 3 N–H and O–H groups in total. The molecule has 2 aliphatic rings. The molecule has 29 heavy (non-hydrogen) atoms. The van der Waals surface area contributed by atoms with Gasteiger partial charge in [0, 0.05) is 32.2 Å². The highest BCUT2D eigenvalue weighted by molar-refractivity contribution is 14.0. The van der Waals surface area contributed by atoms with Gasteiger partial charge in [-0.05, 0) is 25.0 Å². The maximum atomic E-state index is 12.1. The number of halogens is 1. The molecule has 0 aromatic carbocycles. The van der Waals surface area contributed by atoms with E-state index in [0.717, 1.165) is 38.6 Å². The molecule has 3 rings (SSSR count). The fraction of sp³-hybridized carbons (Fsp3) is 0.700. The zero-order valence-corrected chi connectivity index (χ0v) is 19.6. The molecule has 0 bridgehead atoms. The summed E-state index contributed by atoms with van der Waals surface area (Å²) in [7, 11) is 1.73. The lowest BCUT2D eigenvalue weighted by atomic mass is 9.80. The van der Waals surface area contributed by atoms with Crippen LogP contribution in [0.1, 0.15) is 37.9 Å². The maximum Gasteiger partial charge on any atom is 0.239 e. The van der Waals surface area contributed by atoms with Crippen molar-refractivity contribution in [2.24, 2.45) is 4.99 Å². The lowest BCUT2D eigenvalue weighted by Crippen LogP contribution is -2.60. The molecule has 2 heterocycles. The zero-order valence-electron chi connectivity index (χ0n) is 17.2. The van der Waals surface area contributed by atoms with Gasteiger partial charge in [-0.3, -0.25) is 14.7 Å². The molecule has 2 fully saturated rings. The van der Waals surface area contributed by atoms with Crippen molar-refractivity contribution in [3.63, 3.8) is 0 Å². The molecule has 164 valence electrons. The van der Waals surface area contributed by atoms with E-state index in [1.807, 2.05) is 6.07 Å². The van der Waals surface area contributed by atoms with E-state index >= 15 is 0 Å². The van der Waals surface area contributed by atoms with Crippen molar-refractivity contribution in [2.75, 3.05) is 46.4 Å². The number of aliphatic imine (C=N–C) groups is 1. The summed E-state index contributed by atoms with van der Waals surface area (Å²) >= 11 is 0. The van der Waals surface area contributed by atoms with E-state index in [0.29, 0.717) is 12.5 Å². The van der Waals surface area contributed by atoms with Crippen LogP contribution < -0.4 is 16.0 Å². The van der Waals surface area contributed by atoms with Crippen LogP contribution in [0.4, 0.5) is 0 Å². The van der Waals surface area contributed by atoms with E-state index < -0.39 is 0 Å². The van der Waals surface area contributed by atoms with Crippen molar-refractivity contribution in [1.29, 1.82) is 0 Å². The average molecular weight is 519 g/mol. The molecule has 1 aliphatic carbocycles. The number of hydrogen-bond donors (Lipinski definition) is 3. The normalized spacial score (nSPS) is 19.8. The summed E-state index contributed by atoms with van der Waals surface area (Å²) in [5.41, 5.74) is 0.154. The molecule has 1 saturated heterocycles. The number of nitrogens with zero attached hydrogens (tertiary/aromatic N) is 2. The highest BCUT2D eigenvalue weighted by Crippen LogP contribution is 2.33. The third-order valence-electron chi connectivity index (χ3n) is 5.73. The van der Waals surface area contributed by atoms with Crippen molar-refractivity contribution in [2.45, 2.75) is 44.2 Å². The number of rotatable bonds is 7. The molecule has 1 aromatic rings. The second-order valence-corrected chi connectivity index (χ2v) is 7.52. The van der Waals surface area contributed by atoms with Crippen LogP contribution in [0.3, 0.4) is 0 Å². The topological polar surface area (TPSA) is 91.1 Å². The van der Waals surface area contributed by atoms with Gasteiger partial charge in [0.05, 0.1) is 32.6 Å².